The van der Waals surface area contributed by atoms with Crippen LogP contribution >= 0.6 is 24.8 Å². The fraction of sp³-hybridized carbons (Fsp3) is 0.929. The minimum atomic E-state index is 0. The van der Waals surface area contributed by atoms with Gasteiger partial charge in [0.1, 0.15) is 0 Å². The van der Waals surface area contributed by atoms with E-state index in [1.165, 1.54) is 32.2 Å². The molecule has 0 aromatic carbocycles. The molecule has 0 aromatic heterocycles. The first kappa shape index (κ1) is 20.0. The van der Waals surface area contributed by atoms with E-state index in [9.17, 15) is 4.79 Å². The van der Waals surface area contributed by atoms with Gasteiger partial charge in [0.05, 0.1) is 0 Å². The van der Waals surface area contributed by atoms with Crippen molar-refractivity contribution < 1.29 is 4.79 Å². The number of carbonyl (C=O) groups excluding carboxylic acids is 1. The van der Waals surface area contributed by atoms with Crippen LogP contribution < -0.4 is 5.32 Å². The average Bonchev–Trinajstić information content (AvgIpc) is 2.80. The maximum Gasteiger partial charge on any atom is 0.223 e. The molecule has 0 unspecified atom stereocenters. The Morgan fingerprint density at radius 2 is 1.75 bits per heavy atom. The zero-order valence-corrected chi connectivity index (χ0v) is 14.1. The fourth-order valence-corrected chi connectivity index (χ4v) is 3.21. The van der Waals surface area contributed by atoms with Crippen molar-refractivity contribution in [3.8, 4) is 0 Å². The second-order valence-corrected chi connectivity index (χ2v) is 5.56. The topological polar surface area (TPSA) is 35.6 Å². The van der Waals surface area contributed by atoms with Crippen molar-refractivity contribution in [2.45, 2.75) is 44.6 Å². The van der Waals surface area contributed by atoms with Crippen LogP contribution in [0.2, 0.25) is 0 Å². The van der Waals surface area contributed by atoms with E-state index in [4.69, 9.17) is 0 Å². The maximum atomic E-state index is 12.0. The summed E-state index contributed by atoms with van der Waals surface area (Å²) in [5.41, 5.74) is 0. The van der Waals surface area contributed by atoms with E-state index >= 15 is 0 Å². The number of hydrogen-bond donors (Lipinski definition) is 1. The van der Waals surface area contributed by atoms with E-state index in [1.807, 2.05) is 7.05 Å². The van der Waals surface area contributed by atoms with Gasteiger partial charge in [-0.3, -0.25) is 9.69 Å². The van der Waals surface area contributed by atoms with Crippen LogP contribution in [-0.2, 0) is 4.79 Å². The van der Waals surface area contributed by atoms with Gasteiger partial charge in [0.2, 0.25) is 5.91 Å². The van der Waals surface area contributed by atoms with E-state index in [-0.39, 0.29) is 24.8 Å². The van der Waals surface area contributed by atoms with Crippen LogP contribution in [0.5, 0.6) is 0 Å². The molecule has 1 saturated carbocycles. The van der Waals surface area contributed by atoms with Gasteiger partial charge in [-0.25, -0.2) is 0 Å². The highest BCUT2D eigenvalue weighted by molar-refractivity contribution is 5.85. The Balaban J connectivity index is 0.00000180. The first-order valence-corrected chi connectivity index (χ1v) is 7.47. The molecule has 2 aliphatic rings. The molecule has 0 spiro atoms. The van der Waals surface area contributed by atoms with Crippen molar-refractivity contribution in [1.82, 2.24) is 15.1 Å². The third-order valence-corrected chi connectivity index (χ3v) is 4.31. The highest BCUT2D eigenvalue weighted by atomic mass is 35.5. The third kappa shape index (κ3) is 5.76. The number of halogens is 2. The summed E-state index contributed by atoms with van der Waals surface area (Å²) in [5, 5.41) is 3.05. The average molecular weight is 326 g/mol. The van der Waals surface area contributed by atoms with Crippen molar-refractivity contribution in [1.29, 1.82) is 0 Å². The molecule has 0 bridgehead atoms. The molecule has 20 heavy (non-hydrogen) atoms. The molecule has 4 nitrogen and oxygen atoms in total. The van der Waals surface area contributed by atoms with Crippen LogP contribution in [0.4, 0.5) is 0 Å². The molecule has 1 heterocycles. The second-order valence-electron chi connectivity index (χ2n) is 5.56. The minimum Gasteiger partial charge on any atom is -0.341 e. The normalized spacial score (nSPS) is 20.9. The molecule has 1 saturated heterocycles. The van der Waals surface area contributed by atoms with Gasteiger partial charge < -0.3 is 10.2 Å². The lowest BCUT2D eigenvalue weighted by Gasteiger charge is -2.27. The first-order chi connectivity index (χ1) is 8.81. The monoisotopic (exact) mass is 325 g/mol. The zero-order chi connectivity index (χ0) is 12.8. The molecule has 0 atom stereocenters. The number of amides is 1. The maximum absolute atomic E-state index is 12.0. The van der Waals surface area contributed by atoms with Gasteiger partial charge in [-0.2, -0.15) is 0 Å². The van der Waals surface area contributed by atoms with Gasteiger partial charge in [0.25, 0.3) is 0 Å². The molecule has 1 aliphatic heterocycles. The summed E-state index contributed by atoms with van der Waals surface area (Å²) >= 11 is 0. The van der Waals surface area contributed by atoms with Crippen LogP contribution in [-0.4, -0.2) is 61.5 Å². The van der Waals surface area contributed by atoms with Gasteiger partial charge in [-0.1, -0.05) is 12.8 Å². The van der Waals surface area contributed by atoms with Crippen molar-refractivity contribution in [3.63, 3.8) is 0 Å². The van der Waals surface area contributed by atoms with Crippen molar-refractivity contribution in [3.05, 3.63) is 0 Å². The fourth-order valence-electron chi connectivity index (χ4n) is 3.21. The summed E-state index contributed by atoms with van der Waals surface area (Å²) in [6.45, 7) is 4.93. The molecule has 0 aromatic rings. The van der Waals surface area contributed by atoms with E-state index < -0.39 is 0 Å². The Morgan fingerprint density at radius 3 is 2.40 bits per heavy atom. The lowest BCUT2D eigenvalue weighted by Crippen LogP contribution is -2.39. The summed E-state index contributed by atoms with van der Waals surface area (Å²) in [6.07, 6.45) is 7.31. The largest absolute Gasteiger partial charge is 0.341 e. The van der Waals surface area contributed by atoms with E-state index in [1.54, 1.807) is 0 Å². The Hall–Kier alpha value is -0.0300. The van der Waals surface area contributed by atoms with Crippen LogP contribution in [0.1, 0.15) is 38.5 Å². The minimum absolute atomic E-state index is 0. The molecule has 120 valence electrons. The number of hydrogen-bond acceptors (Lipinski definition) is 3. The van der Waals surface area contributed by atoms with Crippen molar-refractivity contribution in [2.75, 3.05) is 39.8 Å². The van der Waals surface area contributed by atoms with Crippen LogP contribution in [0.3, 0.4) is 0 Å². The summed E-state index contributed by atoms with van der Waals surface area (Å²) in [7, 11) is 1.90. The van der Waals surface area contributed by atoms with Gasteiger partial charge in [0, 0.05) is 45.2 Å². The number of nitrogens with zero attached hydrogens (tertiary/aromatic N) is 2. The first-order valence-electron chi connectivity index (χ1n) is 7.47. The number of carbonyl (C=O) groups is 1. The standard InChI is InChI=1S/C14H27N3O.2ClH/c1-15-8-7-14(18)17-10-4-9-16(11-12-17)13-5-2-3-6-13;;/h13,15H,2-12H2,1H3;2*1H. The summed E-state index contributed by atoms with van der Waals surface area (Å²) < 4.78 is 0. The van der Waals surface area contributed by atoms with Crippen LogP contribution in [0.25, 0.3) is 0 Å². The Morgan fingerprint density at radius 1 is 1.05 bits per heavy atom. The Labute approximate surface area is 135 Å². The lowest BCUT2D eigenvalue weighted by molar-refractivity contribution is -0.130. The van der Waals surface area contributed by atoms with Gasteiger partial charge in [0.15, 0.2) is 0 Å². The predicted octanol–water partition coefficient (Wildman–Crippen LogP) is 1.92. The summed E-state index contributed by atoms with van der Waals surface area (Å²) in [5.74, 6) is 0.317. The van der Waals surface area contributed by atoms with Crippen molar-refractivity contribution in [2.24, 2.45) is 0 Å². The smallest absolute Gasteiger partial charge is 0.223 e. The highest BCUT2D eigenvalue weighted by Crippen LogP contribution is 2.24. The highest BCUT2D eigenvalue weighted by Gasteiger charge is 2.25. The molecule has 1 aliphatic carbocycles. The van der Waals surface area contributed by atoms with E-state index in [0.717, 1.165) is 38.6 Å². The third-order valence-electron chi connectivity index (χ3n) is 4.31. The van der Waals surface area contributed by atoms with Gasteiger partial charge >= 0.3 is 0 Å². The lowest BCUT2D eigenvalue weighted by atomic mass is 10.2. The molecule has 6 heteroatoms. The van der Waals surface area contributed by atoms with Crippen LogP contribution in [0, 0.1) is 0 Å². The molecule has 1 amide bonds. The molecule has 0 radical (unpaired) electrons. The summed E-state index contributed by atoms with van der Waals surface area (Å²) in [4.78, 5) is 16.7. The SMILES string of the molecule is CNCCC(=O)N1CCCN(C2CCCC2)CC1.Cl.Cl. The molecule has 2 rings (SSSR count). The molecule has 1 N–H and O–H groups in total. The van der Waals surface area contributed by atoms with Gasteiger partial charge in [-0.05, 0) is 26.3 Å². The number of rotatable bonds is 4. The quantitative estimate of drug-likeness (QED) is 0.857. The van der Waals surface area contributed by atoms with Crippen LogP contribution in [0.15, 0.2) is 0 Å². The second kappa shape index (κ2) is 10.7. The number of nitrogens with one attached hydrogen (secondary N) is 1. The van der Waals surface area contributed by atoms with Crippen molar-refractivity contribution >= 4 is 30.7 Å². The van der Waals surface area contributed by atoms with E-state index in [2.05, 4.69) is 15.1 Å². The molecule has 2 fully saturated rings. The van der Waals surface area contributed by atoms with Gasteiger partial charge in [-0.15, -0.1) is 24.8 Å². The zero-order valence-electron chi connectivity index (χ0n) is 12.5. The predicted molar refractivity (Wildman–Crippen MR) is 88.1 cm³/mol. The Bertz CT molecular complexity index is 273. The summed E-state index contributed by atoms with van der Waals surface area (Å²) in [6, 6.07) is 0.803. The Kier molecular flexibility index (Phi) is 10.6. The molecular formula is C14H29Cl2N3O. The molecular weight excluding hydrogens is 297 g/mol. The van der Waals surface area contributed by atoms with E-state index in [0.29, 0.717) is 12.3 Å².